The second-order valence-electron chi connectivity index (χ2n) is 9.02. The summed E-state index contributed by atoms with van der Waals surface area (Å²) in [5.74, 6) is -0.00849. The summed E-state index contributed by atoms with van der Waals surface area (Å²) in [4.78, 5) is 25.4. The average molecular weight is 478 g/mol. The summed E-state index contributed by atoms with van der Waals surface area (Å²) in [5, 5.41) is 30.2. The fourth-order valence-electron chi connectivity index (χ4n) is 3.77. The highest BCUT2D eigenvalue weighted by atomic mass is 16.5. The maximum atomic E-state index is 12.9. The highest BCUT2D eigenvalue weighted by Gasteiger charge is 2.23. The van der Waals surface area contributed by atoms with Crippen LogP contribution in [0.15, 0.2) is 82.9 Å². The van der Waals surface area contributed by atoms with Crippen LogP contribution in [-0.2, 0) is 0 Å². The molecule has 6 heteroatoms. The van der Waals surface area contributed by atoms with Gasteiger partial charge >= 0.3 is 0 Å². The fourth-order valence-corrected chi connectivity index (χ4v) is 3.77. The Hall–Kier alpha value is -3.80. The molecular formula is C29H35NO5. The normalized spacial score (nSPS) is 14.5. The predicted molar refractivity (Wildman–Crippen MR) is 140 cm³/mol. The number of carbonyl (C=O) groups is 1. The third-order valence-electron chi connectivity index (χ3n) is 5.87. The molecular weight excluding hydrogens is 442 g/mol. The number of carbonyl (C=O) groups excluding carboxylic acids is 1. The number of aromatic hydroxyl groups is 2. The molecule has 35 heavy (non-hydrogen) atoms. The van der Waals surface area contributed by atoms with Gasteiger partial charge in [0.25, 0.3) is 5.56 Å². The molecule has 0 aliphatic heterocycles. The van der Waals surface area contributed by atoms with Crippen molar-refractivity contribution in [1.29, 1.82) is 0 Å². The number of aromatic nitrogens is 1. The number of rotatable bonds is 10. The lowest BCUT2D eigenvalue weighted by Gasteiger charge is -2.12. The van der Waals surface area contributed by atoms with Crippen molar-refractivity contribution in [3.63, 3.8) is 0 Å². The van der Waals surface area contributed by atoms with Gasteiger partial charge in [0, 0.05) is 5.56 Å². The molecule has 1 aromatic heterocycles. The quantitative estimate of drug-likeness (QED) is 0.159. The maximum absolute atomic E-state index is 12.9. The molecule has 0 radical (unpaired) electrons. The summed E-state index contributed by atoms with van der Waals surface area (Å²) in [6.45, 7) is 10.3. The number of pyridine rings is 1. The van der Waals surface area contributed by atoms with Crippen molar-refractivity contribution in [3.8, 4) is 22.6 Å². The Morgan fingerprint density at radius 2 is 1.71 bits per heavy atom. The first kappa shape index (κ1) is 27.4. The Bertz CT molecular complexity index is 1210. The predicted octanol–water partition coefficient (Wildman–Crippen LogP) is 6.42. The number of nitrogens with zero attached hydrogens (tertiary/aromatic N) is 1. The van der Waals surface area contributed by atoms with Crippen LogP contribution >= 0.6 is 0 Å². The number of hydrogen-bond acceptors (Lipinski definition) is 5. The van der Waals surface area contributed by atoms with Gasteiger partial charge in [0.05, 0.1) is 6.20 Å². The Morgan fingerprint density at radius 3 is 2.34 bits per heavy atom. The molecule has 186 valence electrons. The SMILES string of the molecule is CCC(C)CC(C)C=C(C)C=CC=CC=C(C)C(=O)c1c(O)c(-c2ccc(O)cc2)cn(O)c1=O. The zero-order valence-electron chi connectivity index (χ0n) is 21.0. The lowest BCUT2D eigenvalue weighted by atomic mass is 9.94. The van der Waals surface area contributed by atoms with Crippen molar-refractivity contribution in [2.45, 2.75) is 47.5 Å². The van der Waals surface area contributed by atoms with Crippen LogP contribution in [0.5, 0.6) is 11.5 Å². The van der Waals surface area contributed by atoms with E-state index in [1.165, 1.54) is 37.6 Å². The van der Waals surface area contributed by atoms with Crippen LogP contribution in [-0.4, -0.2) is 25.9 Å². The summed E-state index contributed by atoms with van der Waals surface area (Å²) in [7, 11) is 0. The largest absolute Gasteiger partial charge is 0.508 e. The van der Waals surface area contributed by atoms with E-state index in [1.54, 1.807) is 18.2 Å². The molecule has 0 aliphatic carbocycles. The van der Waals surface area contributed by atoms with Gasteiger partial charge in [-0.25, -0.2) is 0 Å². The Labute approximate surface area is 206 Å². The van der Waals surface area contributed by atoms with Crippen molar-refractivity contribution in [3.05, 3.63) is 94.0 Å². The molecule has 1 aromatic carbocycles. The van der Waals surface area contributed by atoms with Crippen LogP contribution in [0.2, 0.25) is 0 Å². The summed E-state index contributed by atoms with van der Waals surface area (Å²) in [6, 6.07) is 5.80. The topological polar surface area (TPSA) is 99.8 Å². The van der Waals surface area contributed by atoms with Crippen molar-refractivity contribution < 1.29 is 20.2 Å². The van der Waals surface area contributed by atoms with E-state index in [-0.39, 0.29) is 21.6 Å². The second kappa shape index (κ2) is 12.6. The Kier molecular flexibility index (Phi) is 9.88. The number of allylic oxidation sites excluding steroid dienone is 8. The summed E-state index contributed by atoms with van der Waals surface area (Å²) < 4.78 is 0.276. The minimum Gasteiger partial charge on any atom is -0.508 e. The molecule has 2 rings (SSSR count). The molecule has 0 amide bonds. The lowest BCUT2D eigenvalue weighted by molar-refractivity contribution is 0.102. The van der Waals surface area contributed by atoms with E-state index < -0.39 is 22.7 Å². The number of Topliss-reactive ketones (excluding diaryl/α,β-unsaturated/α-hetero) is 1. The van der Waals surface area contributed by atoms with Gasteiger partial charge in [-0.2, -0.15) is 4.73 Å². The van der Waals surface area contributed by atoms with E-state index in [0.717, 1.165) is 18.2 Å². The van der Waals surface area contributed by atoms with E-state index in [9.17, 15) is 25.0 Å². The first-order valence-corrected chi connectivity index (χ1v) is 11.8. The number of hydrogen-bond donors (Lipinski definition) is 3. The summed E-state index contributed by atoms with van der Waals surface area (Å²) in [5.41, 5.74) is 0.349. The zero-order chi connectivity index (χ0) is 26.1. The molecule has 2 aromatic rings. The summed E-state index contributed by atoms with van der Waals surface area (Å²) in [6.07, 6.45) is 14.5. The first-order chi connectivity index (χ1) is 16.5. The van der Waals surface area contributed by atoms with Gasteiger partial charge in [-0.1, -0.05) is 81.4 Å². The van der Waals surface area contributed by atoms with Crippen molar-refractivity contribution >= 4 is 5.78 Å². The Balaban J connectivity index is 2.21. The molecule has 1 heterocycles. The van der Waals surface area contributed by atoms with E-state index in [0.29, 0.717) is 17.4 Å². The molecule has 0 spiro atoms. The van der Waals surface area contributed by atoms with E-state index >= 15 is 0 Å². The molecule has 0 saturated heterocycles. The smallest absolute Gasteiger partial charge is 0.297 e. The molecule has 0 saturated carbocycles. The van der Waals surface area contributed by atoms with Gasteiger partial charge in [0.2, 0.25) is 0 Å². The highest BCUT2D eigenvalue weighted by Crippen LogP contribution is 2.32. The average Bonchev–Trinajstić information content (AvgIpc) is 2.81. The van der Waals surface area contributed by atoms with Gasteiger partial charge < -0.3 is 15.4 Å². The van der Waals surface area contributed by atoms with Crippen LogP contribution in [0, 0.1) is 11.8 Å². The van der Waals surface area contributed by atoms with E-state index in [1.807, 2.05) is 19.1 Å². The standard InChI is InChI=1S/C29H35NO5/c1-6-19(2)16-21(4)17-20(3)10-8-7-9-11-22(5)27(32)26-28(33)25(18-30(35)29(26)34)23-12-14-24(31)15-13-23/h7-15,17-19,21,31,33,35H,6,16H2,1-5H3. The molecule has 0 fully saturated rings. The van der Waals surface area contributed by atoms with Crippen molar-refractivity contribution in [1.82, 2.24) is 4.73 Å². The number of benzene rings is 1. The third kappa shape index (κ3) is 7.60. The second-order valence-corrected chi connectivity index (χ2v) is 9.02. The van der Waals surface area contributed by atoms with Crippen molar-refractivity contribution in [2.75, 3.05) is 0 Å². The zero-order valence-corrected chi connectivity index (χ0v) is 21.0. The van der Waals surface area contributed by atoms with Crippen LogP contribution in [0.3, 0.4) is 0 Å². The minimum absolute atomic E-state index is 0.0211. The van der Waals surface area contributed by atoms with Gasteiger partial charge in [-0.15, -0.1) is 0 Å². The molecule has 2 unspecified atom stereocenters. The molecule has 0 aliphatic rings. The monoisotopic (exact) mass is 477 g/mol. The summed E-state index contributed by atoms with van der Waals surface area (Å²) >= 11 is 0. The molecule has 6 nitrogen and oxygen atoms in total. The number of phenols is 1. The van der Waals surface area contributed by atoms with Gasteiger partial charge in [0.15, 0.2) is 5.78 Å². The third-order valence-corrected chi connectivity index (χ3v) is 5.87. The highest BCUT2D eigenvalue weighted by molar-refractivity contribution is 6.11. The van der Waals surface area contributed by atoms with Gasteiger partial charge in [0.1, 0.15) is 17.1 Å². The number of ketones is 1. The van der Waals surface area contributed by atoms with Gasteiger partial charge in [-0.05, 0) is 55.4 Å². The van der Waals surface area contributed by atoms with Crippen molar-refractivity contribution in [2.24, 2.45) is 11.8 Å². The molecule has 3 N–H and O–H groups in total. The maximum Gasteiger partial charge on any atom is 0.297 e. The van der Waals surface area contributed by atoms with E-state index in [4.69, 9.17) is 0 Å². The fraction of sp³-hybridized carbons (Fsp3) is 0.310. The van der Waals surface area contributed by atoms with Gasteiger partial charge in [-0.3, -0.25) is 9.59 Å². The van der Waals surface area contributed by atoms with Crippen LogP contribution in [0.25, 0.3) is 11.1 Å². The first-order valence-electron chi connectivity index (χ1n) is 11.8. The van der Waals surface area contributed by atoms with Crippen LogP contribution in [0.4, 0.5) is 0 Å². The Morgan fingerprint density at radius 1 is 1.06 bits per heavy atom. The van der Waals surface area contributed by atoms with Crippen LogP contribution < -0.4 is 5.56 Å². The molecule has 2 atom stereocenters. The van der Waals surface area contributed by atoms with Crippen LogP contribution in [0.1, 0.15) is 57.8 Å². The molecule has 0 bridgehead atoms. The number of phenolic OH excluding ortho intramolecular Hbond substituents is 1. The van der Waals surface area contributed by atoms with E-state index in [2.05, 4.69) is 26.8 Å². The minimum atomic E-state index is -1.01. The lowest BCUT2D eigenvalue weighted by Crippen LogP contribution is -2.25.